The van der Waals surface area contributed by atoms with Gasteiger partial charge in [-0.3, -0.25) is 9.59 Å². The van der Waals surface area contributed by atoms with Crippen molar-refractivity contribution in [1.29, 1.82) is 0 Å². The third-order valence-electron chi connectivity index (χ3n) is 4.78. The fourth-order valence-corrected chi connectivity index (χ4v) is 4.62. The number of aryl methyl sites for hydroxylation is 1. The number of ether oxygens (including phenoxy) is 2. The van der Waals surface area contributed by atoms with Crippen molar-refractivity contribution in [3.63, 3.8) is 0 Å². The van der Waals surface area contributed by atoms with Gasteiger partial charge in [-0.1, -0.05) is 37.6 Å². The summed E-state index contributed by atoms with van der Waals surface area (Å²) in [6, 6.07) is 11.5. The average Bonchev–Trinajstić information content (AvgIpc) is 2.75. The van der Waals surface area contributed by atoms with Gasteiger partial charge in [0.15, 0.2) is 6.10 Å². The molecule has 1 N–H and O–H groups in total. The molecule has 2 aromatic carbocycles. The molecule has 0 spiro atoms. The summed E-state index contributed by atoms with van der Waals surface area (Å²) in [7, 11) is -3.73. The lowest BCUT2D eigenvalue weighted by atomic mass is 10.2. The minimum absolute atomic E-state index is 0.00356. The maximum atomic E-state index is 12.7. The first-order valence-electron chi connectivity index (χ1n) is 10.6. The molecule has 0 aliphatic rings. The molecule has 1 amide bonds. The molecule has 33 heavy (non-hydrogen) atoms. The Hall–Kier alpha value is -2.62. The van der Waals surface area contributed by atoms with Crippen molar-refractivity contribution in [2.75, 3.05) is 25.0 Å². The number of halogens is 1. The van der Waals surface area contributed by atoms with Crippen molar-refractivity contribution in [2.24, 2.45) is 0 Å². The molecule has 10 heteroatoms. The van der Waals surface area contributed by atoms with Crippen LogP contribution in [0.1, 0.15) is 32.8 Å². The Morgan fingerprint density at radius 1 is 1.12 bits per heavy atom. The smallest absolute Gasteiger partial charge is 0.310 e. The Kier molecular flexibility index (Phi) is 9.70. The number of carbonyl (C=O) groups is 2. The number of carbonyl (C=O) groups excluding carboxylic acids is 2. The van der Waals surface area contributed by atoms with E-state index in [4.69, 9.17) is 21.1 Å². The molecule has 0 radical (unpaired) electrons. The summed E-state index contributed by atoms with van der Waals surface area (Å²) in [5, 5.41) is 2.69. The number of nitrogens with zero attached hydrogens (tertiary/aromatic N) is 1. The van der Waals surface area contributed by atoms with Crippen molar-refractivity contribution >= 4 is 39.2 Å². The number of hydrogen-bond acceptors (Lipinski definition) is 6. The fraction of sp³-hybridized carbons (Fsp3) is 0.391. The number of amides is 1. The van der Waals surface area contributed by atoms with Crippen molar-refractivity contribution in [3.8, 4) is 5.75 Å². The molecule has 1 unspecified atom stereocenters. The Bertz CT molecular complexity index is 1090. The molecule has 0 bridgehead atoms. The third-order valence-corrected chi connectivity index (χ3v) is 7.16. The summed E-state index contributed by atoms with van der Waals surface area (Å²) in [6.45, 7) is 7.55. The highest BCUT2D eigenvalue weighted by molar-refractivity contribution is 7.89. The zero-order chi connectivity index (χ0) is 24.6. The number of sulfonamides is 1. The molecule has 0 aliphatic heterocycles. The van der Waals surface area contributed by atoms with E-state index in [0.29, 0.717) is 18.8 Å². The Morgan fingerprint density at radius 3 is 2.45 bits per heavy atom. The number of benzene rings is 2. The molecule has 0 heterocycles. The normalized spacial score (nSPS) is 12.3. The van der Waals surface area contributed by atoms with Gasteiger partial charge in [-0.05, 0) is 49.7 Å². The summed E-state index contributed by atoms with van der Waals surface area (Å²) in [5.41, 5.74) is 1.15. The maximum absolute atomic E-state index is 12.7. The first-order chi connectivity index (χ1) is 15.6. The summed E-state index contributed by atoms with van der Waals surface area (Å²) < 4.78 is 37.4. The molecular weight excluding hydrogens is 468 g/mol. The first-order valence-corrected chi connectivity index (χ1v) is 12.4. The van der Waals surface area contributed by atoms with Crippen LogP contribution in [0.5, 0.6) is 5.75 Å². The minimum atomic E-state index is -3.73. The summed E-state index contributed by atoms with van der Waals surface area (Å²) in [4.78, 5) is 24.6. The lowest BCUT2D eigenvalue weighted by Gasteiger charge is -2.19. The number of rotatable bonds is 11. The lowest BCUT2D eigenvalue weighted by molar-refractivity contribution is -0.153. The van der Waals surface area contributed by atoms with Crippen LogP contribution in [-0.2, 0) is 24.3 Å². The maximum Gasteiger partial charge on any atom is 0.310 e. The first kappa shape index (κ1) is 26.6. The Morgan fingerprint density at radius 2 is 1.82 bits per heavy atom. The highest BCUT2D eigenvalue weighted by Crippen LogP contribution is 2.27. The largest absolute Gasteiger partial charge is 0.493 e. The summed E-state index contributed by atoms with van der Waals surface area (Å²) in [6.07, 6.45) is -1.15. The average molecular weight is 497 g/mol. The van der Waals surface area contributed by atoms with E-state index in [-0.39, 0.29) is 28.6 Å². The Balaban J connectivity index is 1.96. The topological polar surface area (TPSA) is 102 Å². The molecule has 180 valence electrons. The van der Waals surface area contributed by atoms with Crippen LogP contribution < -0.4 is 10.1 Å². The van der Waals surface area contributed by atoms with E-state index in [0.717, 1.165) is 5.56 Å². The van der Waals surface area contributed by atoms with Crippen molar-refractivity contribution in [2.45, 2.75) is 45.1 Å². The minimum Gasteiger partial charge on any atom is -0.493 e. The highest BCUT2D eigenvalue weighted by atomic mass is 35.5. The van der Waals surface area contributed by atoms with Crippen molar-refractivity contribution in [3.05, 3.63) is 53.1 Å². The number of hydrogen-bond donors (Lipinski definition) is 1. The van der Waals surface area contributed by atoms with Gasteiger partial charge in [-0.15, -0.1) is 0 Å². The van der Waals surface area contributed by atoms with Gasteiger partial charge in [0.05, 0.1) is 28.6 Å². The lowest BCUT2D eigenvalue weighted by Crippen LogP contribution is -2.31. The second-order valence-electron chi connectivity index (χ2n) is 7.27. The Labute approximate surface area is 199 Å². The zero-order valence-corrected chi connectivity index (χ0v) is 20.7. The van der Waals surface area contributed by atoms with Gasteiger partial charge >= 0.3 is 5.97 Å². The number of esters is 1. The van der Waals surface area contributed by atoms with Crippen LogP contribution in [0.25, 0.3) is 0 Å². The number of nitrogens with one attached hydrogen (secondary N) is 1. The predicted octanol–water partition coefficient (Wildman–Crippen LogP) is 4.02. The van der Waals surface area contributed by atoms with Gasteiger partial charge in [0, 0.05) is 13.1 Å². The van der Waals surface area contributed by atoms with E-state index in [1.807, 2.05) is 25.1 Å². The van der Waals surface area contributed by atoms with Crippen LogP contribution in [0, 0.1) is 6.92 Å². The van der Waals surface area contributed by atoms with Crippen LogP contribution in [0.2, 0.25) is 5.02 Å². The van der Waals surface area contributed by atoms with Gasteiger partial charge in [0.1, 0.15) is 5.75 Å². The van der Waals surface area contributed by atoms with Gasteiger partial charge in [0.2, 0.25) is 10.0 Å². The van der Waals surface area contributed by atoms with E-state index < -0.39 is 28.0 Å². The summed E-state index contributed by atoms with van der Waals surface area (Å²) >= 11 is 6.14. The molecule has 2 rings (SSSR count). The zero-order valence-electron chi connectivity index (χ0n) is 19.1. The van der Waals surface area contributed by atoms with Gasteiger partial charge in [-0.2, -0.15) is 4.31 Å². The molecule has 0 aromatic heterocycles. The SMILES string of the molecule is CCN(CC)S(=O)(=O)c1ccc(Cl)c(NC(=O)C(C)OC(=O)CCOc2cccc(C)c2)c1. The monoisotopic (exact) mass is 496 g/mol. The third kappa shape index (κ3) is 7.45. The van der Waals surface area contributed by atoms with Gasteiger partial charge in [0.25, 0.3) is 5.91 Å². The quantitative estimate of drug-likeness (QED) is 0.471. The second-order valence-corrected chi connectivity index (χ2v) is 9.61. The van der Waals surface area contributed by atoms with Crippen molar-refractivity contribution in [1.82, 2.24) is 4.31 Å². The van der Waals surface area contributed by atoms with Gasteiger partial charge in [-0.25, -0.2) is 8.42 Å². The molecule has 0 saturated heterocycles. The number of anilines is 1. The highest BCUT2D eigenvalue weighted by Gasteiger charge is 2.24. The van der Waals surface area contributed by atoms with E-state index in [2.05, 4.69) is 5.32 Å². The second kappa shape index (κ2) is 12.0. The van der Waals surface area contributed by atoms with Crippen LogP contribution in [0.15, 0.2) is 47.4 Å². The van der Waals surface area contributed by atoms with E-state index in [9.17, 15) is 18.0 Å². The van der Waals surface area contributed by atoms with E-state index >= 15 is 0 Å². The predicted molar refractivity (Wildman–Crippen MR) is 127 cm³/mol. The molecule has 0 aliphatic carbocycles. The van der Waals surface area contributed by atoms with Crippen LogP contribution in [0.3, 0.4) is 0 Å². The van der Waals surface area contributed by atoms with Crippen LogP contribution >= 0.6 is 11.6 Å². The molecule has 0 saturated carbocycles. The molecular formula is C23H29ClN2O6S. The fourth-order valence-electron chi connectivity index (χ4n) is 2.97. The molecule has 8 nitrogen and oxygen atoms in total. The van der Waals surface area contributed by atoms with Crippen LogP contribution in [-0.4, -0.2) is 50.4 Å². The molecule has 0 fully saturated rings. The van der Waals surface area contributed by atoms with E-state index in [1.54, 1.807) is 19.9 Å². The van der Waals surface area contributed by atoms with Gasteiger partial charge < -0.3 is 14.8 Å². The summed E-state index contributed by atoms with van der Waals surface area (Å²) in [5.74, 6) is -0.598. The van der Waals surface area contributed by atoms with E-state index in [1.165, 1.54) is 29.4 Å². The van der Waals surface area contributed by atoms with Crippen LogP contribution in [0.4, 0.5) is 5.69 Å². The molecule has 1 atom stereocenters. The molecule has 2 aromatic rings. The van der Waals surface area contributed by atoms with Crippen molar-refractivity contribution < 1.29 is 27.5 Å². The standard InChI is InChI=1S/C23H29ClN2O6S/c1-5-26(6-2)33(29,30)19-10-11-20(24)21(15-19)25-23(28)17(4)32-22(27)12-13-31-18-9-7-8-16(3)14-18/h7-11,14-15,17H,5-6,12-13H2,1-4H3,(H,25,28).